The number of nitrogens with one attached hydrogen (secondary N) is 1. The van der Waals surface area contributed by atoms with Crippen LogP contribution in [0.3, 0.4) is 0 Å². The fraction of sp³-hybridized carbons (Fsp3) is 0.429. The number of fused-ring (bicyclic) bond motifs is 1. The van der Waals surface area contributed by atoms with E-state index < -0.39 is 0 Å². The number of amides is 1. The van der Waals surface area contributed by atoms with E-state index in [1.165, 1.54) is 12.4 Å². The standard InChI is InChI=1S/C14H17IN6O/c1-2-10(22)19-8-3-5-9(6-4-8)21-14-11(12(15)20-21)13(16)17-7-18-14/h2,7-9H,1,3-6H2,(H,19,22)(H2,16,17,18)/t8-,9+. The minimum atomic E-state index is -0.108. The highest BCUT2D eigenvalue weighted by molar-refractivity contribution is 14.1. The van der Waals surface area contributed by atoms with Crippen LogP contribution in [-0.4, -0.2) is 31.7 Å². The molecule has 0 aliphatic heterocycles. The normalized spacial score (nSPS) is 21.7. The van der Waals surface area contributed by atoms with E-state index in [9.17, 15) is 4.79 Å². The largest absolute Gasteiger partial charge is 0.383 e. The lowest BCUT2D eigenvalue weighted by atomic mass is 9.91. The zero-order chi connectivity index (χ0) is 15.7. The van der Waals surface area contributed by atoms with Crippen molar-refractivity contribution in [1.29, 1.82) is 0 Å². The lowest BCUT2D eigenvalue weighted by Gasteiger charge is -2.29. The van der Waals surface area contributed by atoms with Crippen LogP contribution in [0.25, 0.3) is 11.0 Å². The molecule has 3 rings (SSSR count). The van der Waals surface area contributed by atoms with Gasteiger partial charge in [0, 0.05) is 6.04 Å². The summed E-state index contributed by atoms with van der Waals surface area (Å²) in [4.78, 5) is 19.7. The molecule has 8 heteroatoms. The quantitative estimate of drug-likeness (QED) is 0.592. The van der Waals surface area contributed by atoms with E-state index in [1.54, 1.807) is 0 Å². The molecule has 1 aliphatic rings. The summed E-state index contributed by atoms with van der Waals surface area (Å²) >= 11 is 2.17. The number of carbonyl (C=O) groups is 1. The van der Waals surface area contributed by atoms with Gasteiger partial charge in [-0.2, -0.15) is 5.10 Å². The van der Waals surface area contributed by atoms with Crippen LogP contribution in [0.1, 0.15) is 31.7 Å². The molecule has 1 fully saturated rings. The molecule has 22 heavy (non-hydrogen) atoms. The van der Waals surface area contributed by atoms with Gasteiger partial charge in [0.05, 0.1) is 11.4 Å². The van der Waals surface area contributed by atoms with Gasteiger partial charge < -0.3 is 11.1 Å². The second-order valence-corrected chi connectivity index (χ2v) is 6.43. The number of aromatic nitrogens is 4. The molecule has 1 aliphatic carbocycles. The first kappa shape index (κ1) is 15.2. The van der Waals surface area contributed by atoms with Crippen molar-refractivity contribution < 1.29 is 4.79 Å². The number of carbonyl (C=O) groups excluding carboxylic acids is 1. The van der Waals surface area contributed by atoms with Gasteiger partial charge in [-0.05, 0) is 54.4 Å². The van der Waals surface area contributed by atoms with Crippen molar-refractivity contribution >= 4 is 45.3 Å². The first-order chi connectivity index (χ1) is 10.6. The Morgan fingerprint density at radius 2 is 2.14 bits per heavy atom. The Morgan fingerprint density at radius 1 is 1.41 bits per heavy atom. The number of nitrogen functional groups attached to an aromatic ring is 1. The van der Waals surface area contributed by atoms with E-state index in [2.05, 4.69) is 49.6 Å². The SMILES string of the molecule is C=CC(=O)N[C@H]1CC[C@@H](n2nc(I)c3c(N)ncnc32)CC1. The summed E-state index contributed by atoms with van der Waals surface area (Å²) in [6, 6.07) is 0.486. The van der Waals surface area contributed by atoms with Crippen LogP contribution in [-0.2, 0) is 4.79 Å². The highest BCUT2D eigenvalue weighted by atomic mass is 127. The lowest BCUT2D eigenvalue weighted by Crippen LogP contribution is -2.37. The van der Waals surface area contributed by atoms with Crippen LogP contribution in [0.5, 0.6) is 0 Å². The smallest absolute Gasteiger partial charge is 0.243 e. The Bertz CT molecular complexity index is 719. The third-order valence-electron chi connectivity index (χ3n) is 4.05. The molecule has 1 saturated carbocycles. The third-order valence-corrected chi connectivity index (χ3v) is 4.80. The summed E-state index contributed by atoms with van der Waals surface area (Å²) in [5, 5.41) is 8.38. The summed E-state index contributed by atoms with van der Waals surface area (Å²) in [5.41, 5.74) is 6.71. The van der Waals surface area contributed by atoms with Gasteiger partial charge in [-0.15, -0.1) is 0 Å². The Hall–Kier alpha value is -1.71. The molecule has 0 aromatic carbocycles. The van der Waals surface area contributed by atoms with Crippen LogP contribution in [0, 0.1) is 3.70 Å². The average Bonchev–Trinajstić information content (AvgIpc) is 2.86. The molecular formula is C14H17IN6O. The third kappa shape index (κ3) is 2.79. The van der Waals surface area contributed by atoms with Crippen molar-refractivity contribution in [3.05, 3.63) is 22.7 Å². The molecule has 0 saturated heterocycles. The maximum absolute atomic E-state index is 11.4. The van der Waals surface area contributed by atoms with E-state index in [0.29, 0.717) is 5.82 Å². The molecule has 1 amide bonds. The Balaban J connectivity index is 1.78. The Labute approximate surface area is 141 Å². The van der Waals surface area contributed by atoms with Crippen molar-refractivity contribution in [2.75, 3.05) is 5.73 Å². The molecule has 2 heterocycles. The van der Waals surface area contributed by atoms with Gasteiger partial charge in [0.15, 0.2) is 5.65 Å². The van der Waals surface area contributed by atoms with Crippen molar-refractivity contribution in [2.45, 2.75) is 37.8 Å². The van der Waals surface area contributed by atoms with Crippen LogP contribution in [0.2, 0.25) is 0 Å². The zero-order valence-corrected chi connectivity index (χ0v) is 14.2. The Morgan fingerprint density at radius 3 is 2.82 bits per heavy atom. The van der Waals surface area contributed by atoms with Crippen molar-refractivity contribution in [2.24, 2.45) is 0 Å². The van der Waals surface area contributed by atoms with Crippen molar-refractivity contribution in [3.8, 4) is 0 Å². The lowest BCUT2D eigenvalue weighted by molar-refractivity contribution is -0.117. The van der Waals surface area contributed by atoms with E-state index in [0.717, 1.165) is 40.4 Å². The molecule has 0 bridgehead atoms. The van der Waals surface area contributed by atoms with Gasteiger partial charge in [-0.3, -0.25) is 4.79 Å². The summed E-state index contributed by atoms with van der Waals surface area (Å²) in [6.45, 7) is 3.48. The predicted molar refractivity (Wildman–Crippen MR) is 92.1 cm³/mol. The summed E-state index contributed by atoms with van der Waals surface area (Å²) in [5.74, 6) is 0.357. The number of anilines is 1. The van der Waals surface area contributed by atoms with Gasteiger partial charge in [0.1, 0.15) is 15.8 Å². The molecule has 0 atom stereocenters. The van der Waals surface area contributed by atoms with Crippen molar-refractivity contribution in [3.63, 3.8) is 0 Å². The monoisotopic (exact) mass is 412 g/mol. The van der Waals surface area contributed by atoms with Crippen LogP contribution in [0.4, 0.5) is 5.82 Å². The molecule has 0 spiro atoms. The number of halogens is 1. The molecule has 116 valence electrons. The minimum Gasteiger partial charge on any atom is -0.383 e. The highest BCUT2D eigenvalue weighted by Crippen LogP contribution is 2.32. The van der Waals surface area contributed by atoms with Crippen LogP contribution < -0.4 is 11.1 Å². The number of nitrogens with two attached hydrogens (primary N) is 1. The summed E-state index contributed by atoms with van der Waals surface area (Å²) in [7, 11) is 0. The number of hydrogen-bond acceptors (Lipinski definition) is 5. The molecule has 2 aromatic heterocycles. The Kier molecular flexibility index (Phi) is 4.27. The molecule has 0 radical (unpaired) electrons. The van der Waals surface area contributed by atoms with E-state index in [-0.39, 0.29) is 18.0 Å². The summed E-state index contributed by atoms with van der Waals surface area (Å²) < 4.78 is 2.79. The predicted octanol–water partition coefficient (Wildman–Crippen LogP) is 1.80. The zero-order valence-electron chi connectivity index (χ0n) is 12.0. The maximum Gasteiger partial charge on any atom is 0.243 e. The van der Waals surface area contributed by atoms with Gasteiger partial charge in [-0.25, -0.2) is 14.6 Å². The van der Waals surface area contributed by atoms with Crippen LogP contribution in [0.15, 0.2) is 19.0 Å². The molecular weight excluding hydrogens is 395 g/mol. The van der Waals surface area contributed by atoms with E-state index in [4.69, 9.17) is 5.73 Å². The molecule has 3 N–H and O–H groups in total. The van der Waals surface area contributed by atoms with Gasteiger partial charge >= 0.3 is 0 Å². The fourth-order valence-electron chi connectivity index (χ4n) is 2.93. The van der Waals surface area contributed by atoms with Crippen molar-refractivity contribution in [1.82, 2.24) is 25.1 Å². The van der Waals surface area contributed by atoms with Gasteiger partial charge in [0.25, 0.3) is 0 Å². The number of rotatable bonds is 3. The average molecular weight is 412 g/mol. The first-order valence-electron chi connectivity index (χ1n) is 7.17. The van der Waals surface area contributed by atoms with E-state index >= 15 is 0 Å². The second kappa shape index (κ2) is 6.19. The second-order valence-electron chi connectivity index (χ2n) is 5.41. The number of nitrogens with zero attached hydrogens (tertiary/aromatic N) is 4. The van der Waals surface area contributed by atoms with Crippen LogP contribution >= 0.6 is 22.6 Å². The topological polar surface area (TPSA) is 98.7 Å². The van der Waals surface area contributed by atoms with Gasteiger partial charge in [0.2, 0.25) is 5.91 Å². The number of hydrogen-bond donors (Lipinski definition) is 2. The maximum atomic E-state index is 11.4. The van der Waals surface area contributed by atoms with Gasteiger partial charge in [-0.1, -0.05) is 6.58 Å². The molecule has 0 unspecified atom stereocenters. The summed E-state index contributed by atoms with van der Waals surface area (Å²) in [6.07, 6.45) is 6.51. The highest BCUT2D eigenvalue weighted by Gasteiger charge is 2.26. The molecule has 7 nitrogen and oxygen atoms in total. The first-order valence-corrected chi connectivity index (χ1v) is 8.25. The minimum absolute atomic E-state index is 0.108. The van der Waals surface area contributed by atoms with E-state index in [1.807, 2.05) is 4.68 Å². The fourth-order valence-corrected chi connectivity index (χ4v) is 3.68. The molecule has 2 aromatic rings.